The summed E-state index contributed by atoms with van der Waals surface area (Å²) in [5.41, 5.74) is 1.49. The third kappa shape index (κ3) is 3.96. The third-order valence-corrected chi connectivity index (χ3v) is 4.56. The lowest BCUT2D eigenvalue weighted by molar-refractivity contribution is 0.0871. The topological polar surface area (TPSA) is 14.2 Å². The molecule has 0 aliphatic carbocycles. The Bertz CT molecular complexity index is 586. The van der Waals surface area contributed by atoms with E-state index in [-0.39, 0.29) is 11.6 Å². The molecule has 1 unspecified atom stereocenters. The maximum absolute atomic E-state index is 6.31. The maximum Gasteiger partial charge on any atom is 0.173 e. The molecule has 0 fully saturated rings. The molecule has 0 spiro atoms. The summed E-state index contributed by atoms with van der Waals surface area (Å²) < 4.78 is 9.71. The Labute approximate surface area is 132 Å². The second-order valence-corrected chi connectivity index (χ2v) is 10.1. The van der Waals surface area contributed by atoms with Gasteiger partial charge in [-0.2, -0.15) is 0 Å². The molecule has 1 heterocycles. The molecule has 0 aliphatic heterocycles. The van der Waals surface area contributed by atoms with Gasteiger partial charge < -0.3 is 8.99 Å². The predicted molar refractivity (Wildman–Crippen MR) is 92.7 cm³/mol. The quantitative estimate of drug-likeness (QED) is 0.676. The molecule has 0 N–H and O–H groups in total. The van der Waals surface area contributed by atoms with Gasteiger partial charge in [0.15, 0.2) is 9.04 Å². The fourth-order valence-corrected chi connectivity index (χ4v) is 3.63. The lowest BCUT2D eigenvalue weighted by Gasteiger charge is -2.29. The van der Waals surface area contributed by atoms with E-state index in [0.717, 1.165) is 10.9 Å². The van der Waals surface area contributed by atoms with Crippen molar-refractivity contribution in [2.24, 2.45) is 5.41 Å². The SMILES string of the molecule is C[SiH](C)OC(CC(C)(C)C)n1ccc2ccc(Br)cc21. The number of halogens is 1. The molecule has 1 aromatic heterocycles. The summed E-state index contributed by atoms with van der Waals surface area (Å²) in [4.78, 5) is 0. The second-order valence-electron chi connectivity index (χ2n) is 6.83. The van der Waals surface area contributed by atoms with Crippen LogP contribution in [0, 0.1) is 5.41 Å². The van der Waals surface area contributed by atoms with Crippen LogP contribution in [0.3, 0.4) is 0 Å². The summed E-state index contributed by atoms with van der Waals surface area (Å²) in [6, 6.07) is 8.58. The smallest absolute Gasteiger partial charge is 0.173 e. The summed E-state index contributed by atoms with van der Waals surface area (Å²) in [5, 5.41) is 1.26. The first-order chi connectivity index (χ1) is 9.26. The van der Waals surface area contributed by atoms with Gasteiger partial charge in [-0.3, -0.25) is 0 Å². The van der Waals surface area contributed by atoms with Crippen molar-refractivity contribution in [3.8, 4) is 0 Å². The zero-order valence-corrected chi connectivity index (χ0v) is 15.7. The molecule has 1 atom stereocenters. The zero-order valence-electron chi connectivity index (χ0n) is 13.0. The summed E-state index contributed by atoms with van der Waals surface area (Å²) in [6.07, 6.45) is 3.31. The van der Waals surface area contributed by atoms with Crippen LogP contribution in [0.2, 0.25) is 13.1 Å². The first-order valence-corrected chi connectivity index (χ1v) is 10.8. The highest BCUT2D eigenvalue weighted by Crippen LogP contribution is 2.32. The minimum Gasteiger partial charge on any atom is -0.401 e. The molecule has 4 heteroatoms. The third-order valence-electron chi connectivity index (χ3n) is 3.21. The lowest BCUT2D eigenvalue weighted by Crippen LogP contribution is -2.23. The van der Waals surface area contributed by atoms with Gasteiger partial charge >= 0.3 is 0 Å². The van der Waals surface area contributed by atoms with E-state index in [0.29, 0.717) is 0 Å². The van der Waals surface area contributed by atoms with Crippen LogP contribution in [0.15, 0.2) is 34.9 Å². The van der Waals surface area contributed by atoms with Gasteiger partial charge in [-0.05, 0) is 48.5 Å². The first kappa shape index (κ1) is 15.8. The van der Waals surface area contributed by atoms with Crippen molar-refractivity contribution < 1.29 is 4.43 Å². The van der Waals surface area contributed by atoms with Crippen LogP contribution in [-0.2, 0) is 4.43 Å². The molecule has 20 heavy (non-hydrogen) atoms. The largest absolute Gasteiger partial charge is 0.401 e. The Kier molecular flexibility index (Phi) is 4.77. The van der Waals surface area contributed by atoms with Gasteiger partial charge in [0.1, 0.15) is 6.23 Å². The summed E-state index contributed by atoms with van der Waals surface area (Å²) in [6.45, 7) is 11.3. The first-order valence-electron chi connectivity index (χ1n) is 7.18. The van der Waals surface area contributed by atoms with E-state index in [9.17, 15) is 0 Å². The summed E-state index contributed by atoms with van der Waals surface area (Å²) in [5.74, 6) is 0. The zero-order chi connectivity index (χ0) is 14.9. The molecular weight excluding hydrogens is 330 g/mol. The minimum absolute atomic E-state index is 0.133. The van der Waals surface area contributed by atoms with Crippen LogP contribution in [-0.4, -0.2) is 13.6 Å². The Balaban J connectivity index is 2.42. The molecule has 2 rings (SSSR count). The number of hydrogen-bond donors (Lipinski definition) is 0. The highest BCUT2D eigenvalue weighted by atomic mass is 79.9. The van der Waals surface area contributed by atoms with Crippen molar-refractivity contribution >= 4 is 35.9 Å². The Morgan fingerprint density at radius 2 is 1.95 bits per heavy atom. The van der Waals surface area contributed by atoms with Gasteiger partial charge in [-0.15, -0.1) is 0 Å². The fourth-order valence-electron chi connectivity index (χ4n) is 2.42. The lowest BCUT2D eigenvalue weighted by atomic mass is 9.91. The standard InChI is InChI=1S/C16H24BrNOSi/c1-16(2,3)11-15(19-20(4)5)18-9-8-12-6-7-13(17)10-14(12)18/h6-10,15,20H,11H2,1-5H3. The molecule has 0 radical (unpaired) electrons. The van der Waals surface area contributed by atoms with Gasteiger partial charge in [0.2, 0.25) is 0 Å². The van der Waals surface area contributed by atoms with E-state index in [1.165, 1.54) is 10.9 Å². The van der Waals surface area contributed by atoms with Crippen LogP contribution in [0.4, 0.5) is 0 Å². The van der Waals surface area contributed by atoms with E-state index in [1.54, 1.807) is 0 Å². The van der Waals surface area contributed by atoms with Gasteiger partial charge in [-0.25, -0.2) is 0 Å². The number of hydrogen-bond acceptors (Lipinski definition) is 1. The van der Waals surface area contributed by atoms with E-state index >= 15 is 0 Å². The molecule has 110 valence electrons. The van der Waals surface area contributed by atoms with Gasteiger partial charge in [0.25, 0.3) is 0 Å². The number of aromatic nitrogens is 1. The monoisotopic (exact) mass is 353 g/mol. The van der Waals surface area contributed by atoms with Crippen molar-refractivity contribution in [1.82, 2.24) is 4.57 Å². The highest BCUT2D eigenvalue weighted by Gasteiger charge is 2.22. The van der Waals surface area contributed by atoms with E-state index in [1.807, 2.05) is 0 Å². The Morgan fingerprint density at radius 1 is 1.25 bits per heavy atom. The van der Waals surface area contributed by atoms with Crippen molar-refractivity contribution in [1.29, 1.82) is 0 Å². The number of nitrogens with zero attached hydrogens (tertiary/aromatic N) is 1. The molecule has 0 aliphatic rings. The summed E-state index contributed by atoms with van der Waals surface area (Å²) >= 11 is 3.57. The van der Waals surface area contributed by atoms with Crippen LogP contribution >= 0.6 is 15.9 Å². The average Bonchev–Trinajstić information content (AvgIpc) is 2.68. The van der Waals surface area contributed by atoms with Crippen molar-refractivity contribution in [2.75, 3.05) is 0 Å². The minimum atomic E-state index is -1.09. The van der Waals surface area contributed by atoms with Crippen LogP contribution in [0.5, 0.6) is 0 Å². The van der Waals surface area contributed by atoms with Gasteiger partial charge in [-0.1, -0.05) is 42.8 Å². The molecule has 0 saturated heterocycles. The fraction of sp³-hybridized carbons (Fsp3) is 0.500. The van der Waals surface area contributed by atoms with E-state index in [2.05, 4.69) is 84.8 Å². The van der Waals surface area contributed by atoms with Crippen LogP contribution < -0.4 is 0 Å². The summed E-state index contributed by atoms with van der Waals surface area (Å²) in [7, 11) is -1.09. The predicted octanol–water partition coefficient (Wildman–Crippen LogP) is 5.34. The molecule has 0 saturated carbocycles. The van der Waals surface area contributed by atoms with E-state index < -0.39 is 9.04 Å². The van der Waals surface area contributed by atoms with Crippen molar-refractivity contribution in [3.05, 3.63) is 34.9 Å². The normalized spacial score (nSPS) is 14.2. The Morgan fingerprint density at radius 3 is 2.55 bits per heavy atom. The molecular formula is C16H24BrNOSi. The molecule has 1 aromatic carbocycles. The van der Waals surface area contributed by atoms with Crippen LogP contribution in [0.1, 0.15) is 33.4 Å². The number of fused-ring (bicyclic) bond motifs is 1. The highest BCUT2D eigenvalue weighted by molar-refractivity contribution is 9.10. The second kappa shape index (κ2) is 6.04. The number of rotatable bonds is 4. The van der Waals surface area contributed by atoms with E-state index in [4.69, 9.17) is 4.43 Å². The van der Waals surface area contributed by atoms with Gasteiger partial charge in [0.05, 0.1) is 5.52 Å². The van der Waals surface area contributed by atoms with Gasteiger partial charge in [0, 0.05) is 10.7 Å². The molecule has 2 aromatic rings. The van der Waals surface area contributed by atoms with Crippen molar-refractivity contribution in [2.45, 2.75) is 46.5 Å². The van der Waals surface area contributed by atoms with Crippen molar-refractivity contribution in [3.63, 3.8) is 0 Å². The molecule has 0 bridgehead atoms. The number of benzene rings is 1. The maximum atomic E-state index is 6.31. The molecule has 0 amide bonds. The van der Waals surface area contributed by atoms with Crippen LogP contribution in [0.25, 0.3) is 10.9 Å². The average molecular weight is 354 g/mol. The Hall–Kier alpha value is -0.583. The molecule has 2 nitrogen and oxygen atoms in total.